The van der Waals surface area contributed by atoms with Crippen LogP contribution in [0.25, 0.3) is 0 Å². The second-order valence-corrected chi connectivity index (χ2v) is 8.67. The third kappa shape index (κ3) is 4.87. The summed E-state index contributed by atoms with van der Waals surface area (Å²) in [7, 11) is 0. The second kappa shape index (κ2) is 8.95. The first kappa shape index (κ1) is 22.0. The third-order valence-electron chi connectivity index (χ3n) is 5.97. The molecule has 30 heavy (non-hydrogen) atoms. The Hall–Kier alpha value is -2.74. The van der Waals surface area contributed by atoms with Crippen molar-refractivity contribution in [1.82, 2.24) is 20.0 Å². The molecule has 2 aromatic rings. The average Bonchev–Trinajstić information content (AvgIpc) is 3.00. The van der Waals surface area contributed by atoms with E-state index in [4.69, 9.17) is 0 Å². The van der Waals surface area contributed by atoms with Crippen LogP contribution in [0.5, 0.6) is 0 Å². The maximum absolute atomic E-state index is 12.6. The molecule has 0 saturated carbocycles. The van der Waals surface area contributed by atoms with Crippen molar-refractivity contribution in [3.63, 3.8) is 0 Å². The monoisotopic (exact) mass is 413 g/mol. The summed E-state index contributed by atoms with van der Waals surface area (Å²) in [6, 6.07) is 7.32. The molecule has 1 amide bonds. The van der Waals surface area contributed by atoms with Crippen LogP contribution in [0.3, 0.4) is 0 Å². The fourth-order valence-corrected chi connectivity index (χ4v) is 4.05. The minimum absolute atomic E-state index is 0.0577. The molecule has 3 rings (SSSR count). The van der Waals surface area contributed by atoms with E-state index in [1.54, 1.807) is 30.7 Å². The van der Waals surface area contributed by atoms with Crippen LogP contribution >= 0.6 is 0 Å². The van der Waals surface area contributed by atoms with Gasteiger partial charge in [-0.2, -0.15) is 5.10 Å². The molecule has 1 fully saturated rings. The van der Waals surface area contributed by atoms with Crippen LogP contribution in [0.1, 0.15) is 60.4 Å². The molecule has 1 N–H and O–H groups in total. The first-order valence-electron chi connectivity index (χ1n) is 10.5. The molecule has 1 saturated heterocycles. The summed E-state index contributed by atoms with van der Waals surface area (Å²) in [5.74, 6) is -0.0895. The van der Waals surface area contributed by atoms with Gasteiger partial charge < -0.3 is 5.32 Å². The molecular weight excluding hydrogens is 382 g/mol. The zero-order valence-electron chi connectivity index (χ0n) is 18.3. The highest BCUT2D eigenvalue weighted by Gasteiger charge is 2.28. The van der Waals surface area contributed by atoms with E-state index in [9.17, 15) is 14.9 Å². The number of hydrogen-bond donors (Lipinski definition) is 1. The molecule has 8 nitrogen and oxygen atoms in total. The van der Waals surface area contributed by atoms with Gasteiger partial charge in [0.1, 0.15) is 11.4 Å². The highest BCUT2D eigenvalue weighted by Crippen LogP contribution is 2.23. The number of carbonyl (C=O) groups excluding carboxylic acids is 1. The van der Waals surface area contributed by atoms with Gasteiger partial charge in [-0.1, -0.05) is 18.6 Å². The number of piperidine rings is 1. The van der Waals surface area contributed by atoms with E-state index in [1.165, 1.54) is 19.3 Å². The minimum Gasteiger partial charge on any atom is -0.350 e. The first-order valence-corrected chi connectivity index (χ1v) is 10.5. The van der Waals surface area contributed by atoms with E-state index in [0.717, 1.165) is 18.7 Å². The Morgan fingerprint density at radius 3 is 2.37 bits per heavy atom. The fourth-order valence-electron chi connectivity index (χ4n) is 4.05. The standard InChI is InChI=1S/C22H31N5O3/c1-16-20(27(29)30)17(2)26(24-16)14-18-8-10-19(11-9-18)21(28)23-15-22(3,4)25-12-6-5-7-13-25/h8-11H,5-7,12-15H2,1-4H3,(H,23,28). The van der Waals surface area contributed by atoms with Crippen LogP contribution in [0.2, 0.25) is 0 Å². The van der Waals surface area contributed by atoms with Crippen molar-refractivity contribution in [2.45, 2.75) is 59.0 Å². The van der Waals surface area contributed by atoms with Crippen molar-refractivity contribution in [2.75, 3.05) is 19.6 Å². The van der Waals surface area contributed by atoms with Crippen LogP contribution in [-0.2, 0) is 6.54 Å². The molecule has 0 bridgehead atoms. The van der Waals surface area contributed by atoms with E-state index in [0.29, 0.717) is 30.0 Å². The second-order valence-electron chi connectivity index (χ2n) is 8.67. The van der Waals surface area contributed by atoms with Crippen LogP contribution in [0.15, 0.2) is 24.3 Å². The summed E-state index contributed by atoms with van der Waals surface area (Å²) in [6.07, 6.45) is 3.73. The van der Waals surface area contributed by atoms with Gasteiger partial charge in [-0.25, -0.2) is 0 Å². The van der Waals surface area contributed by atoms with Crippen LogP contribution < -0.4 is 5.32 Å². The topological polar surface area (TPSA) is 93.3 Å². The van der Waals surface area contributed by atoms with Crippen molar-refractivity contribution >= 4 is 11.6 Å². The number of likely N-dealkylation sites (tertiary alicyclic amines) is 1. The number of hydrogen-bond acceptors (Lipinski definition) is 5. The number of nitrogens with one attached hydrogen (secondary N) is 1. The highest BCUT2D eigenvalue weighted by atomic mass is 16.6. The fraction of sp³-hybridized carbons (Fsp3) is 0.545. The smallest absolute Gasteiger partial charge is 0.312 e. The van der Waals surface area contributed by atoms with E-state index in [2.05, 4.69) is 29.2 Å². The predicted molar refractivity (Wildman–Crippen MR) is 116 cm³/mol. The lowest BCUT2D eigenvalue weighted by Gasteiger charge is -2.41. The van der Waals surface area contributed by atoms with Crippen molar-refractivity contribution < 1.29 is 9.72 Å². The molecule has 0 aliphatic carbocycles. The molecule has 1 aromatic heterocycles. The SMILES string of the molecule is Cc1nn(Cc2ccc(C(=O)NCC(C)(C)N3CCCCC3)cc2)c(C)c1[N+](=O)[O-]. The lowest BCUT2D eigenvalue weighted by molar-refractivity contribution is -0.386. The summed E-state index contributed by atoms with van der Waals surface area (Å²) in [5, 5.41) is 18.5. The molecule has 1 aromatic carbocycles. The number of benzene rings is 1. The van der Waals surface area contributed by atoms with Crippen molar-refractivity contribution in [2.24, 2.45) is 0 Å². The van der Waals surface area contributed by atoms with Crippen molar-refractivity contribution in [1.29, 1.82) is 0 Å². The summed E-state index contributed by atoms with van der Waals surface area (Å²) in [6.45, 7) is 10.9. The van der Waals surface area contributed by atoms with E-state index < -0.39 is 4.92 Å². The van der Waals surface area contributed by atoms with Gasteiger partial charge in [-0.3, -0.25) is 24.5 Å². The molecule has 8 heteroatoms. The number of carbonyl (C=O) groups is 1. The van der Waals surface area contributed by atoms with Gasteiger partial charge in [0, 0.05) is 17.6 Å². The summed E-state index contributed by atoms with van der Waals surface area (Å²) < 4.78 is 1.63. The van der Waals surface area contributed by atoms with Gasteiger partial charge >= 0.3 is 5.69 Å². The first-order chi connectivity index (χ1) is 14.2. The van der Waals surface area contributed by atoms with Gasteiger partial charge in [0.2, 0.25) is 0 Å². The van der Waals surface area contributed by atoms with E-state index in [1.807, 2.05) is 12.1 Å². The van der Waals surface area contributed by atoms with Gasteiger partial charge in [0.15, 0.2) is 0 Å². The maximum atomic E-state index is 12.6. The van der Waals surface area contributed by atoms with E-state index in [-0.39, 0.29) is 17.1 Å². The van der Waals surface area contributed by atoms with Gasteiger partial charge in [-0.15, -0.1) is 0 Å². The number of nitro groups is 1. The Morgan fingerprint density at radius 1 is 1.17 bits per heavy atom. The third-order valence-corrected chi connectivity index (χ3v) is 5.97. The lowest BCUT2D eigenvalue weighted by Crippen LogP contribution is -2.53. The Morgan fingerprint density at radius 2 is 1.80 bits per heavy atom. The Balaban J connectivity index is 1.61. The predicted octanol–water partition coefficient (Wildman–Crippen LogP) is 3.45. The van der Waals surface area contributed by atoms with Crippen molar-refractivity contribution in [3.8, 4) is 0 Å². The maximum Gasteiger partial charge on any atom is 0.312 e. The molecule has 162 valence electrons. The molecule has 1 aliphatic rings. The zero-order valence-corrected chi connectivity index (χ0v) is 18.3. The lowest BCUT2D eigenvalue weighted by atomic mass is 9.98. The van der Waals surface area contributed by atoms with Gasteiger partial charge in [0.05, 0.1) is 11.5 Å². The van der Waals surface area contributed by atoms with Gasteiger partial charge in [0.25, 0.3) is 5.91 Å². The highest BCUT2D eigenvalue weighted by molar-refractivity contribution is 5.94. The van der Waals surface area contributed by atoms with Crippen molar-refractivity contribution in [3.05, 3.63) is 56.9 Å². The Labute approximate surface area is 177 Å². The van der Waals surface area contributed by atoms with Crippen LogP contribution in [0, 0.1) is 24.0 Å². The number of amides is 1. The molecule has 2 heterocycles. The summed E-state index contributed by atoms with van der Waals surface area (Å²) in [4.78, 5) is 25.8. The number of nitrogens with zero attached hydrogens (tertiary/aromatic N) is 4. The normalized spacial score (nSPS) is 15.2. The van der Waals surface area contributed by atoms with Crippen LogP contribution in [0.4, 0.5) is 5.69 Å². The molecule has 1 aliphatic heterocycles. The summed E-state index contributed by atoms with van der Waals surface area (Å²) >= 11 is 0. The molecule has 0 atom stereocenters. The molecule has 0 radical (unpaired) electrons. The van der Waals surface area contributed by atoms with Crippen LogP contribution in [-0.4, -0.2) is 50.7 Å². The minimum atomic E-state index is -0.396. The molecule has 0 unspecified atom stereocenters. The number of aryl methyl sites for hydroxylation is 1. The zero-order chi connectivity index (χ0) is 21.9. The molecule has 0 spiro atoms. The van der Waals surface area contributed by atoms with Gasteiger partial charge in [-0.05, 0) is 71.3 Å². The largest absolute Gasteiger partial charge is 0.350 e. The summed E-state index contributed by atoms with van der Waals surface area (Å²) in [5.41, 5.74) is 2.46. The average molecular weight is 414 g/mol. The van der Waals surface area contributed by atoms with E-state index >= 15 is 0 Å². The Bertz CT molecular complexity index is 912. The number of aromatic nitrogens is 2. The Kier molecular flexibility index (Phi) is 6.55. The quantitative estimate of drug-likeness (QED) is 0.554. The molecular formula is C22H31N5O3. The number of rotatable bonds is 7.